The number of fused-ring (bicyclic) bond motifs is 7. The lowest BCUT2D eigenvalue weighted by atomic mass is 9.84. The van der Waals surface area contributed by atoms with Crippen LogP contribution in [0.15, 0.2) is 24.3 Å². The fourth-order valence-electron chi connectivity index (χ4n) is 5.28. The molecule has 0 radical (unpaired) electrons. The van der Waals surface area contributed by atoms with Crippen molar-refractivity contribution in [1.82, 2.24) is 4.90 Å². The summed E-state index contributed by atoms with van der Waals surface area (Å²) >= 11 is 0. The van der Waals surface area contributed by atoms with E-state index >= 15 is 0 Å². The van der Waals surface area contributed by atoms with Crippen molar-refractivity contribution in [3.8, 4) is 23.0 Å². The average Bonchev–Trinajstić information content (AvgIpc) is 3.43. The fraction of sp³-hybridized carbons (Fsp3) is 0.440. The van der Waals surface area contributed by atoms with Crippen molar-refractivity contribution in [3.05, 3.63) is 46.5 Å². The first kappa shape index (κ1) is 18.0. The van der Waals surface area contributed by atoms with Gasteiger partial charge < -0.3 is 23.8 Å². The maximum Gasteiger partial charge on any atom is 0.231 e. The number of ether oxygens (including phenoxy) is 4. The lowest BCUT2D eigenvalue weighted by Crippen LogP contribution is -2.35. The summed E-state index contributed by atoms with van der Waals surface area (Å²) in [6, 6.07) is 8.88. The Morgan fingerprint density at radius 1 is 0.933 bits per heavy atom. The van der Waals surface area contributed by atoms with Gasteiger partial charge in [0.1, 0.15) is 0 Å². The molecule has 2 aromatic carbocycles. The fourth-order valence-corrected chi connectivity index (χ4v) is 5.28. The molecule has 5 heteroatoms. The highest BCUT2D eigenvalue weighted by atomic mass is 16.7. The van der Waals surface area contributed by atoms with Gasteiger partial charge in [0.15, 0.2) is 23.0 Å². The first-order valence-electron chi connectivity index (χ1n) is 11.2. The summed E-state index contributed by atoms with van der Waals surface area (Å²) in [7, 11) is 0. The van der Waals surface area contributed by atoms with Crippen molar-refractivity contribution in [3.63, 3.8) is 0 Å². The summed E-state index contributed by atoms with van der Waals surface area (Å²) in [5, 5.41) is 0. The normalized spacial score (nSPS) is 19.8. The molecule has 4 aliphatic rings. The summed E-state index contributed by atoms with van der Waals surface area (Å²) in [4.78, 5) is 2.58. The van der Waals surface area contributed by atoms with Gasteiger partial charge in [0.2, 0.25) is 13.6 Å². The summed E-state index contributed by atoms with van der Waals surface area (Å²) in [6.45, 7) is 3.89. The minimum atomic E-state index is 0.312. The first-order valence-corrected chi connectivity index (χ1v) is 11.2. The van der Waals surface area contributed by atoms with Crippen molar-refractivity contribution in [2.45, 2.75) is 51.5 Å². The maximum atomic E-state index is 5.95. The highest BCUT2D eigenvalue weighted by Crippen LogP contribution is 2.52. The van der Waals surface area contributed by atoms with Gasteiger partial charge in [-0.05, 0) is 48.2 Å². The molecule has 156 valence electrons. The van der Waals surface area contributed by atoms with Crippen LogP contribution in [-0.4, -0.2) is 25.0 Å². The van der Waals surface area contributed by atoms with Gasteiger partial charge in [-0.3, -0.25) is 0 Å². The molecule has 4 aliphatic heterocycles. The molecule has 5 nitrogen and oxygen atoms in total. The Labute approximate surface area is 177 Å². The summed E-state index contributed by atoms with van der Waals surface area (Å²) < 4.78 is 23.0. The van der Waals surface area contributed by atoms with Gasteiger partial charge in [-0.15, -0.1) is 0 Å². The SMILES string of the molecule is CCCCCCC1c2c(ccc3c2OCO3)C=C2c3cc4c(cc3CCN21)OCO4. The third kappa shape index (κ3) is 2.75. The van der Waals surface area contributed by atoms with Crippen LogP contribution in [0.25, 0.3) is 11.8 Å². The van der Waals surface area contributed by atoms with Crippen molar-refractivity contribution in [2.24, 2.45) is 0 Å². The topological polar surface area (TPSA) is 40.2 Å². The smallest absolute Gasteiger partial charge is 0.231 e. The molecule has 1 unspecified atom stereocenters. The van der Waals surface area contributed by atoms with Gasteiger partial charge in [0.05, 0.1) is 6.04 Å². The molecule has 4 heterocycles. The van der Waals surface area contributed by atoms with E-state index in [-0.39, 0.29) is 0 Å². The maximum absolute atomic E-state index is 5.95. The molecule has 6 rings (SSSR count). The van der Waals surface area contributed by atoms with Crippen LogP contribution < -0.4 is 18.9 Å². The molecule has 0 spiro atoms. The quantitative estimate of drug-likeness (QED) is 0.612. The Kier molecular flexibility index (Phi) is 4.29. The van der Waals surface area contributed by atoms with Crippen LogP contribution in [-0.2, 0) is 6.42 Å². The molecule has 2 aromatic rings. The van der Waals surface area contributed by atoms with Gasteiger partial charge in [-0.2, -0.15) is 0 Å². The van der Waals surface area contributed by atoms with Gasteiger partial charge in [-0.25, -0.2) is 0 Å². The van der Waals surface area contributed by atoms with Gasteiger partial charge in [-0.1, -0.05) is 38.7 Å². The zero-order valence-electron chi connectivity index (χ0n) is 17.4. The Hall–Kier alpha value is -2.82. The van der Waals surface area contributed by atoms with E-state index in [1.54, 1.807) is 0 Å². The van der Waals surface area contributed by atoms with Crippen LogP contribution >= 0.6 is 0 Å². The third-order valence-electron chi connectivity index (χ3n) is 6.75. The Bertz CT molecular complexity index is 1030. The minimum absolute atomic E-state index is 0.312. The van der Waals surface area contributed by atoms with Gasteiger partial charge >= 0.3 is 0 Å². The molecule has 0 fully saturated rings. The molecule has 0 aromatic heterocycles. The van der Waals surface area contributed by atoms with Crippen LogP contribution in [0.1, 0.15) is 67.3 Å². The lowest BCUT2D eigenvalue weighted by molar-refractivity contribution is 0.170. The molecule has 1 atom stereocenters. The number of benzene rings is 2. The highest BCUT2D eigenvalue weighted by Gasteiger charge is 2.37. The predicted molar refractivity (Wildman–Crippen MR) is 115 cm³/mol. The number of hydrogen-bond donors (Lipinski definition) is 0. The monoisotopic (exact) mass is 405 g/mol. The van der Waals surface area contributed by atoms with Crippen LogP contribution in [0.5, 0.6) is 23.0 Å². The summed E-state index contributed by atoms with van der Waals surface area (Å²) in [5.74, 6) is 3.55. The van der Waals surface area contributed by atoms with E-state index in [1.807, 2.05) is 6.07 Å². The number of hydrogen-bond acceptors (Lipinski definition) is 5. The molecule has 0 amide bonds. The Morgan fingerprint density at radius 2 is 1.77 bits per heavy atom. The van der Waals surface area contributed by atoms with E-state index in [0.29, 0.717) is 19.6 Å². The van der Waals surface area contributed by atoms with E-state index in [2.05, 4.69) is 36.1 Å². The standard InChI is InChI=1S/C25H27NO4/c1-2-3-4-5-6-19-24-17(7-8-21-25(24)30-15-27-21)11-20-18-13-23-22(28-14-29-23)12-16(18)9-10-26(19)20/h7-8,11-13,19H,2-6,9-10,14-15H2,1H3. The van der Waals surface area contributed by atoms with E-state index in [4.69, 9.17) is 18.9 Å². The van der Waals surface area contributed by atoms with Crippen LogP contribution in [0.4, 0.5) is 0 Å². The Morgan fingerprint density at radius 3 is 2.67 bits per heavy atom. The van der Waals surface area contributed by atoms with E-state index in [9.17, 15) is 0 Å². The average molecular weight is 405 g/mol. The Balaban J connectivity index is 1.45. The summed E-state index contributed by atoms with van der Waals surface area (Å²) in [6.07, 6.45) is 9.50. The zero-order chi connectivity index (χ0) is 20.1. The number of rotatable bonds is 5. The zero-order valence-corrected chi connectivity index (χ0v) is 17.4. The van der Waals surface area contributed by atoms with E-state index in [1.165, 1.54) is 53.6 Å². The van der Waals surface area contributed by atoms with Crippen LogP contribution in [0.2, 0.25) is 0 Å². The molecule has 0 N–H and O–H groups in total. The minimum Gasteiger partial charge on any atom is -0.454 e. The van der Waals surface area contributed by atoms with Gasteiger partial charge in [0.25, 0.3) is 0 Å². The molecule has 0 saturated carbocycles. The van der Waals surface area contributed by atoms with E-state index in [0.717, 1.165) is 42.4 Å². The van der Waals surface area contributed by atoms with Crippen molar-refractivity contribution in [2.75, 3.05) is 20.1 Å². The third-order valence-corrected chi connectivity index (χ3v) is 6.75. The van der Waals surface area contributed by atoms with Crippen molar-refractivity contribution < 1.29 is 18.9 Å². The van der Waals surface area contributed by atoms with Crippen LogP contribution in [0.3, 0.4) is 0 Å². The molecular weight excluding hydrogens is 378 g/mol. The molecule has 0 bridgehead atoms. The molecule has 30 heavy (non-hydrogen) atoms. The number of nitrogens with zero attached hydrogens (tertiary/aromatic N) is 1. The van der Waals surface area contributed by atoms with Crippen molar-refractivity contribution in [1.29, 1.82) is 0 Å². The predicted octanol–water partition coefficient (Wildman–Crippen LogP) is 5.53. The largest absolute Gasteiger partial charge is 0.454 e. The second-order valence-corrected chi connectivity index (χ2v) is 8.50. The lowest BCUT2D eigenvalue weighted by Gasteiger charge is -2.43. The highest BCUT2D eigenvalue weighted by molar-refractivity contribution is 5.88. The molecule has 0 aliphatic carbocycles. The molecule has 0 saturated heterocycles. The summed E-state index contributed by atoms with van der Waals surface area (Å²) in [5.41, 5.74) is 6.45. The first-order chi connectivity index (χ1) is 14.8. The van der Waals surface area contributed by atoms with Crippen molar-refractivity contribution >= 4 is 11.8 Å². The van der Waals surface area contributed by atoms with Gasteiger partial charge in [0, 0.05) is 23.4 Å². The van der Waals surface area contributed by atoms with E-state index < -0.39 is 0 Å². The van der Waals surface area contributed by atoms with Crippen LogP contribution in [0, 0.1) is 0 Å². The second kappa shape index (κ2) is 7.15. The number of unbranched alkanes of at least 4 members (excludes halogenated alkanes) is 3. The molecular formula is C25H27NO4. The second-order valence-electron chi connectivity index (χ2n) is 8.50.